The largest absolute Gasteiger partial charge is 0.496 e. The summed E-state index contributed by atoms with van der Waals surface area (Å²) in [6, 6.07) is 23.2. The second-order valence-corrected chi connectivity index (χ2v) is 8.88. The zero-order valence-electron chi connectivity index (χ0n) is 19.7. The average molecular weight is 482 g/mol. The lowest BCUT2D eigenvalue weighted by atomic mass is 9.72. The van der Waals surface area contributed by atoms with Crippen molar-refractivity contribution in [3.63, 3.8) is 0 Å². The number of morpholine rings is 1. The first-order valence-electron chi connectivity index (χ1n) is 11.7. The van der Waals surface area contributed by atoms with Crippen molar-refractivity contribution in [1.82, 2.24) is 4.90 Å². The Labute approximate surface area is 206 Å². The molecule has 0 aliphatic carbocycles. The van der Waals surface area contributed by atoms with Crippen LogP contribution in [0.4, 0.5) is 0 Å². The van der Waals surface area contributed by atoms with E-state index in [4.69, 9.17) is 25.8 Å². The van der Waals surface area contributed by atoms with Crippen LogP contribution in [0.25, 0.3) is 0 Å². The molecule has 1 N–H and O–H groups in total. The first-order valence-corrected chi connectivity index (χ1v) is 12.1. The number of benzene rings is 3. The fraction of sp³-hybridized carbons (Fsp3) is 0.357. The summed E-state index contributed by atoms with van der Waals surface area (Å²) in [5.41, 5.74) is 1.12. The molecule has 0 amide bonds. The number of ether oxygens (including phenoxy) is 3. The molecule has 1 heterocycles. The lowest BCUT2D eigenvalue weighted by Gasteiger charge is -2.41. The smallest absolute Gasteiger partial charge is 0.126 e. The van der Waals surface area contributed by atoms with Gasteiger partial charge >= 0.3 is 0 Å². The zero-order valence-corrected chi connectivity index (χ0v) is 20.5. The van der Waals surface area contributed by atoms with Gasteiger partial charge in [0.05, 0.1) is 26.9 Å². The maximum absolute atomic E-state index is 12.8. The van der Waals surface area contributed by atoms with Gasteiger partial charge in [-0.15, -0.1) is 0 Å². The molecule has 1 aliphatic rings. The van der Waals surface area contributed by atoms with Crippen molar-refractivity contribution < 1.29 is 19.3 Å². The monoisotopic (exact) mass is 481 g/mol. The molecule has 1 fully saturated rings. The molecule has 1 aliphatic heterocycles. The Morgan fingerprint density at radius 1 is 1.00 bits per heavy atom. The van der Waals surface area contributed by atoms with Crippen molar-refractivity contribution in [3.05, 3.63) is 94.5 Å². The fourth-order valence-corrected chi connectivity index (χ4v) is 4.82. The number of para-hydroxylation sites is 1. The van der Waals surface area contributed by atoms with Crippen molar-refractivity contribution >= 4 is 11.6 Å². The summed E-state index contributed by atoms with van der Waals surface area (Å²) in [6.07, 6.45) is 0. The summed E-state index contributed by atoms with van der Waals surface area (Å²) in [5.74, 6) is 1.11. The van der Waals surface area contributed by atoms with E-state index in [9.17, 15) is 5.11 Å². The van der Waals surface area contributed by atoms with E-state index >= 15 is 0 Å². The number of hydrogen-bond acceptors (Lipinski definition) is 5. The first-order chi connectivity index (χ1) is 16.6. The SMILES string of the molecule is CCOc1ccc([C@@](O)(c2ccccc2OC)[C@H](CN2CCOCC2)c2ccc(Cl)cc2)cc1. The molecule has 1 saturated heterocycles. The van der Waals surface area contributed by atoms with Gasteiger partial charge in [-0.25, -0.2) is 0 Å². The molecular weight excluding hydrogens is 450 g/mol. The summed E-state index contributed by atoms with van der Waals surface area (Å²) in [6.45, 7) is 6.18. The van der Waals surface area contributed by atoms with Crippen LogP contribution >= 0.6 is 11.6 Å². The lowest BCUT2D eigenvalue weighted by molar-refractivity contribution is -0.000152. The molecule has 3 aromatic rings. The minimum Gasteiger partial charge on any atom is -0.496 e. The molecule has 5 nitrogen and oxygen atoms in total. The van der Waals surface area contributed by atoms with Gasteiger partial charge in [0.15, 0.2) is 0 Å². The zero-order chi connectivity index (χ0) is 24.0. The lowest BCUT2D eigenvalue weighted by Crippen LogP contribution is -2.45. The minimum atomic E-state index is -1.37. The molecule has 0 saturated carbocycles. The van der Waals surface area contributed by atoms with Crippen LogP contribution in [0, 0.1) is 0 Å². The molecule has 0 spiro atoms. The highest BCUT2D eigenvalue weighted by atomic mass is 35.5. The predicted octanol–water partition coefficient (Wildman–Crippen LogP) is 5.10. The molecule has 2 atom stereocenters. The Bertz CT molecular complexity index is 1050. The highest BCUT2D eigenvalue weighted by Gasteiger charge is 2.44. The number of hydrogen-bond donors (Lipinski definition) is 1. The Balaban J connectivity index is 1.88. The van der Waals surface area contributed by atoms with Crippen LogP contribution in [-0.2, 0) is 10.3 Å². The Kier molecular flexibility index (Phi) is 8.11. The number of halogens is 1. The average Bonchev–Trinajstić information content (AvgIpc) is 2.89. The highest BCUT2D eigenvalue weighted by molar-refractivity contribution is 6.30. The van der Waals surface area contributed by atoms with Crippen molar-refractivity contribution in [1.29, 1.82) is 0 Å². The number of nitrogens with zero attached hydrogens (tertiary/aromatic N) is 1. The van der Waals surface area contributed by atoms with Crippen molar-refractivity contribution in [2.24, 2.45) is 0 Å². The summed E-state index contributed by atoms with van der Waals surface area (Å²) < 4.78 is 17.0. The van der Waals surface area contributed by atoms with Crippen LogP contribution in [0.2, 0.25) is 5.02 Å². The van der Waals surface area contributed by atoms with Gasteiger partial charge in [0.1, 0.15) is 17.1 Å². The van der Waals surface area contributed by atoms with Crippen LogP contribution in [0.5, 0.6) is 11.5 Å². The van der Waals surface area contributed by atoms with Gasteiger partial charge in [0.25, 0.3) is 0 Å². The molecule has 180 valence electrons. The van der Waals surface area contributed by atoms with E-state index in [1.165, 1.54) is 0 Å². The fourth-order valence-electron chi connectivity index (χ4n) is 4.69. The van der Waals surface area contributed by atoms with Gasteiger partial charge in [-0.05, 0) is 48.4 Å². The second-order valence-electron chi connectivity index (χ2n) is 8.44. The molecule has 34 heavy (non-hydrogen) atoms. The second kappa shape index (κ2) is 11.2. The standard InChI is InChI=1S/C28H32ClNO4/c1-3-34-24-14-10-22(11-15-24)28(31,25-6-4-5-7-27(25)32-2)26(20-30-16-18-33-19-17-30)21-8-12-23(29)13-9-21/h4-15,26,31H,3,16-20H2,1-2H3/t26-,28-/m1/s1. The van der Waals surface area contributed by atoms with E-state index in [-0.39, 0.29) is 5.92 Å². The molecule has 0 bridgehead atoms. The Morgan fingerprint density at radius 3 is 2.32 bits per heavy atom. The van der Waals surface area contributed by atoms with E-state index in [2.05, 4.69) is 4.90 Å². The van der Waals surface area contributed by atoms with E-state index in [0.29, 0.717) is 37.1 Å². The van der Waals surface area contributed by atoms with Gasteiger partial charge < -0.3 is 19.3 Å². The van der Waals surface area contributed by atoms with E-state index in [0.717, 1.165) is 35.5 Å². The summed E-state index contributed by atoms with van der Waals surface area (Å²) in [7, 11) is 1.64. The van der Waals surface area contributed by atoms with Crippen LogP contribution < -0.4 is 9.47 Å². The van der Waals surface area contributed by atoms with E-state index in [1.807, 2.05) is 79.7 Å². The van der Waals surface area contributed by atoms with Crippen LogP contribution in [0.15, 0.2) is 72.8 Å². The molecule has 0 aromatic heterocycles. The Hall–Kier alpha value is -2.57. The normalized spacial score (nSPS) is 17.1. The maximum Gasteiger partial charge on any atom is 0.126 e. The number of methoxy groups -OCH3 is 1. The van der Waals surface area contributed by atoms with Crippen molar-refractivity contribution in [2.75, 3.05) is 46.6 Å². The van der Waals surface area contributed by atoms with Crippen LogP contribution in [-0.4, -0.2) is 56.6 Å². The predicted molar refractivity (Wildman–Crippen MR) is 135 cm³/mol. The first kappa shape index (κ1) is 24.6. The van der Waals surface area contributed by atoms with Gasteiger partial charge in [0, 0.05) is 36.1 Å². The van der Waals surface area contributed by atoms with Crippen molar-refractivity contribution in [2.45, 2.75) is 18.4 Å². The third-order valence-corrected chi connectivity index (χ3v) is 6.70. The molecule has 3 aromatic carbocycles. The Morgan fingerprint density at radius 2 is 1.68 bits per heavy atom. The van der Waals surface area contributed by atoms with Gasteiger partial charge in [-0.2, -0.15) is 0 Å². The minimum absolute atomic E-state index is 0.294. The highest BCUT2D eigenvalue weighted by Crippen LogP contribution is 2.46. The summed E-state index contributed by atoms with van der Waals surface area (Å²) in [5, 5.41) is 13.5. The third kappa shape index (κ3) is 5.23. The van der Waals surface area contributed by atoms with Gasteiger partial charge in [-0.1, -0.05) is 54.1 Å². The summed E-state index contributed by atoms with van der Waals surface area (Å²) >= 11 is 6.23. The van der Waals surface area contributed by atoms with Gasteiger partial charge in [0.2, 0.25) is 0 Å². The number of aliphatic hydroxyl groups is 1. The molecule has 4 rings (SSSR count). The van der Waals surface area contributed by atoms with Crippen LogP contribution in [0.1, 0.15) is 29.5 Å². The molecule has 0 unspecified atom stereocenters. The van der Waals surface area contributed by atoms with Crippen molar-refractivity contribution in [3.8, 4) is 11.5 Å². The topological polar surface area (TPSA) is 51.2 Å². The molecule has 6 heteroatoms. The van der Waals surface area contributed by atoms with E-state index < -0.39 is 5.60 Å². The summed E-state index contributed by atoms with van der Waals surface area (Å²) in [4.78, 5) is 2.34. The third-order valence-electron chi connectivity index (χ3n) is 6.44. The van der Waals surface area contributed by atoms with Crippen LogP contribution in [0.3, 0.4) is 0 Å². The quantitative estimate of drug-likeness (QED) is 0.461. The molecule has 0 radical (unpaired) electrons. The number of rotatable bonds is 9. The maximum atomic E-state index is 12.8. The van der Waals surface area contributed by atoms with E-state index in [1.54, 1.807) is 7.11 Å². The molecular formula is C28H32ClNO4. The van der Waals surface area contributed by atoms with Gasteiger partial charge in [-0.3, -0.25) is 4.90 Å².